The molecule has 2 rings (SSSR count). The van der Waals surface area contributed by atoms with E-state index in [0.717, 1.165) is 14.8 Å². The molecule has 86 valence electrons. The van der Waals surface area contributed by atoms with E-state index in [0.29, 0.717) is 17.1 Å². The second-order valence-electron chi connectivity index (χ2n) is 3.37. The first-order valence-electron chi connectivity index (χ1n) is 4.67. The zero-order valence-electron chi connectivity index (χ0n) is 8.49. The standard InChI is InChI=1S/C11H6Br2ClN3/c12-10-4-11(13)17(16-10)6-8-2-1-7(5-15)3-9(8)14/h1-4H,6H2. The zero-order chi connectivity index (χ0) is 12.4. The molecule has 0 fully saturated rings. The summed E-state index contributed by atoms with van der Waals surface area (Å²) in [5.41, 5.74) is 1.47. The maximum Gasteiger partial charge on any atom is 0.129 e. The van der Waals surface area contributed by atoms with Crippen LogP contribution in [0.2, 0.25) is 5.02 Å². The highest BCUT2D eigenvalue weighted by atomic mass is 79.9. The van der Waals surface area contributed by atoms with Crippen LogP contribution in [0.25, 0.3) is 0 Å². The third-order valence-electron chi connectivity index (χ3n) is 2.20. The van der Waals surface area contributed by atoms with Crippen molar-refractivity contribution in [2.45, 2.75) is 6.54 Å². The van der Waals surface area contributed by atoms with Gasteiger partial charge in [0.25, 0.3) is 0 Å². The number of halogens is 3. The van der Waals surface area contributed by atoms with E-state index in [9.17, 15) is 0 Å². The first-order chi connectivity index (χ1) is 8.10. The molecule has 0 saturated carbocycles. The summed E-state index contributed by atoms with van der Waals surface area (Å²) in [6, 6.07) is 9.15. The van der Waals surface area contributed by atoms with Crippen LogP contribution in [0, 0.1) is 11.3 Å². The van der Waals surface area contributed by atoms with Crippen molar-refractivity contribution in [3.8, 4) is 6.07 Å². The van der Waals surface area contributed by atoms with Gasteiger partial charge in [-0.05, 0) is 49.6 Å². The number of aromatic nitrogens is 2. The molecule has 0 spiro atoms. The second kappa shape index (κ2) is 5.21. The number of rotatable bonds is 2. The quantitative estimate of drug-likeness (QED) is 0.797. The van der Waals surface area contributed by atoms with Crippen LogP contribution in [0.4, 0.5) is 0 Å². The Hall–Kier alpha value is -0.830. The third-order valence-corrected chi connectivity index (χ3v) is 3.58. The van der Waals surface area contributed by atoms with Gasteiger partial charge in [-0.2, -0.15) is 10.4 Å². The zero-order valence-corrected chi connectivity index (χ0v) is 12.4. The van der Waals surface area contributed by atoms with E-state index in [2.05, 4.69) is 43.0 Å². The van der Waals surface area contributed by atoms with Crippen molar-refractivity contribution in [3.05, 3.63) is 49.6 Å². The topological polar surface area (TPSA) is 41.6 Å². The van der Waals surface area contributed by atoms with Gasteiger partial charge in [-0.3, -0.25) is 4.68 Å². The van der Waals surface area contributed by atoms with E-state index in [1.54, 1.807) is 16.8 Å². The van der Waals surface area contributed by atoms with Gasteiger partial charge in [-0.25, -0.2) is 0 Å². The van der Waals surface area contributed by atoms with Crippen LogP contribution in [0.1, 0.15) is 11.1 Å². The molecule has 0 aliphatic heterocycles. The summed E-state index contributed by atoms with van der Waals surface area (Å²) in [6.07, 6.45) is 0. The summed E-state index contributed by atoms with van der Waals surface area (Å²) in [6.45, 7) is 0.552. The van der Waals surface area contributed by atoms with Gasteiger partial charge in [0, 0.05) is 11.1 Å². The van der Waals surface area contributed by atoms with Crippen LogP contribution in [0.3, 0.4) is 0 Å². The van der Waals surface area contributed by atoms with Crippen molar-refractivity contribution in [2.24, 2.45) is 0 Å². The lowest BCUT2D eigenvalue weighted by molar-refractivity contribution is 0.667. The fraction of sp³-hybridized carbons (Fsp3) is 0.0909. The van der Waals surface area contributed by atoms with Gasteiger partial charge in [0.05, 0.1) is 18.2 Å². The SMILES string of the molecule is N#Cc1ccc(Cn2nc(Br)cc2Br)c(Cl)c1. The van der Waals surface area contributed by atoms with Crippen LogP contribution < -0.4 is 0 Å². The van der Waals surface area contributed by atoms with E-state index in [1.807, 2.05) is 12.1 Å². The minimum atomic E-state index is 0.552. The van der Waals surface area contributed by atoms with Gasteiger partial charge < -0.3 is 0 Å². The Bertz CT molecular complexity index is 601. The van der Waals surface area contributed by atoms with Gasteiger partial charge in [0.1, 0.15) is 9.21 Å². The third kappa shape index (κ3) is 2.89. The molecule has 0 aliphatic carbocycles. The molecule has 0 N–H and O–H groups in total. The Kier molecular flexibility index (Phi) is 3.87. The summed E-state index contributed by atoms with van der Waals surface area (Å²) in [5, 5.41) is 13.6. The largest absolute Gasteiger partial charge is 0.253 e. The maximum atomic E-state index is 8.75. The summed E-state index contributed by atoms with van der Waals surface area (Å²) >= 11 is 12.8. The number of nitriles is 1. The number of nitrogens with zero attached hydrogens (tertiary/aromatic N) is 3. The number of hydrogen-bond donors (Lipinski definition) is 0. The minimum absolute atomic E-state index is 0.552. The fourth-order valence-electron chi connectivity index (χ4n) is 1.38. The second-order valence-corrected chi connectivity index (χ2v) is 5.40. The average molecular weight is 375 g/mol. The molecular formula is C11H6Br2ClN3. The number of benzene rings is 1. The Morgan fingerprint density at radius 3 is 2.65 bits per heavy atom. The molecule has 1 heterocycles. The first kappa shape index (κ1) is 12.6. The first-order valence-corrected chi connectivity index (χ1v) is 6.64. The Balaban J connectivity index is 2.31. The van der Waals surface area contributed by atoms with E-state index < -0.39 is 0 Å². The van der Waals surface area contributed by atoms with E-state index in [4.69, 9.17) is 16.9 Å². The van der Waals surface area contributed by atoms with E-state index in [-0.39, 0.29) is 0 Å². The molecule has 1 aromatic carbocycles. The van der Waals surface area contributed by atoms with Crippen LogP contribution in [-0.4, -0.2) is 9.78 Å². The summed E-state index contributed by atoms with van der Waals surface area (Å²) in [5.74, 6) is 0. The van der Waals surface area contributed by atoms with Gasteiger partial charge in [0.15, 0.2) is 0 Å². The minimum Gasteiger partial charge on any atom is -0.253 e. The van der Waals surface area contributed by atoms with Crippen LogP contribution in [-0.2, 0) is 6.54 Å². The maximum absolute atomic E-state index is 8.75. The van der Waals surface area contributed by atoms with Crippen molar-refractivity contribution in [2.75, 3.05) is 0 Å². The highest BCUT2D eigenvalue weighted by Gasteiger charge is 2.07. The predicted molar refractivity (Wildman–Crippen MR) is 72.9 cm³/mol. The Labute approximate surface area is 120 Å². The van der Waals surface area contributed by atoms with Crippen LogP contribution in [0.15, 0.2) is 33.5 Å². The van der Waals surface area contributed by atoms with Gasteiger partial charge >= 0.3 is 0 Å². The molecule has 0 saturated heterocycles. The molecule has 0 aliphatic rings. The molecule has 0 atom stereocenters. The normalized spacial score (nSPS) is 10.2. The molecule has 3 nitrogen and oxygen atoms in total. The Morgan fingerprint density at radius 2 is 2.12 bits per heavy atom. The monoisotopic (exact) mass is 373 g/mol. The predicted octanol–water partition coefficient (Wildman–Crippen LogP) is 3.98. The average Bonchev–Trinajstić information content (AvgIpc) is 2.60. The van der Waals surface area contributed by atoms with Crippen molar-refractivity contribution < 1.29 is 0 Å². The highest BCUT2D eigenvalue weighted by molar-refractivity contribution is 9.11. The lowest BCUT2D eigenvalue weighted by Gasteiger charge is -2.06. The summed E-state index contributed by atoms with van der Waals surface area (Å²) in [4.78, 5) is 0. The van der Waals surface area contributed by atoms with Crippen LogP contribution >= 0.6 is 43.5 Å². The molecule has 0 amide bonds. The highest BCUT2D eigenvalue weighted by Crippen LogP contribution is 2.22. The smallest absolute Gasteiger partial charge is 0.129 e. The van der Waals surface area contributed by atoms with Gasteiger partial charge in [-0.1, -0.05) is 17.7 Å². The van der Waals surface area contributed by atoms with E-state index >= 15 is 0 Å². The molecule has 17 heavy (non-hydrogen) atoms. The van der Waals surface area contributed by atoms with E-state index in [1.165, 1.54) is 0 Å². The lowest BCUT2D eigenvalue weighted by Crippen LogP contribution is -2.02. The van der Waals surface area contributed by atoms with Crippen molar-refractivity contribution in [3.63, 3.8) is 0 Å². The number of hydrogen-bond acceptors (Lipinski definition) is 2. The van der Waals surface area contributed by atoms with Crippen molar-refractivity contribution >= 4 is 43.5 Å². The molecule has 0 bridgehead atoms. The molecular weight excluding hydrogens is 369 g/mol. The van der Waals surface area contributed by atoms with Crippen LogP contribution in [0.5, 0.6) is 0 Å². The summed E-state index contributed by atoms with van der Waals surface area (Å²) < 4.78 is 3.40. The lowest BCUT2D eigenvalue weighted by atomic mass is 10.1. The van der Waals surface area contributed by atoms with Crippen molar-refractivity contribution in [1.82, 2.24) is 9.78 Å². The molecule has 2 aromatic rings. The van der Waals surface area contributed by atoms with Crippen molar-refractivity contribution in [1.29, 1.82) is 5.26 Å². The van der Waals surface area contributed by atoms with Gasteiger partial charge in [-0.15, -0.1) is 0 Å². The molecule has 6 heteroatoms. The fourth-order valence-corrected chi connectivity index (χ4v) is 2.76. The molecule has 0 unspecified atom stereocenters. The van der Waals surface area contributed by atoms with Gasteiger partial charge in [0.2, 0.25) is 0 Å². The molecule has 1 aromatic heterocycles. The Morgan fingerprint density at radius 1 is 1.35 bits per heavy atom. The molecule has 0 radical (unpaired) electrons. The summed E-state index contributed by atoms with van der Waals surface area (Å²) in [7, 11) is 0.